The molecule has 1 spiro atoms. The smallest absolute Gasteiger partial charge is 0.250 e. The molecule has 1 N–H and O–H groups in total. The Balaban J connectivity index is 1.55. The molecular formula is C24H22BrN3O3. The lowest BCUT2D eigenvalue weighted by Crippen LogP contribution is -2.54. The first kappa shape index (κ1) is 19.2. The fourth-order valence-corrected chi connectivity index (χ4v) is 6.58. The maximum Gasteiger partial charge on any atom is 0.250 e. The number of amides is 3. The Morgan fingerprint density at radius 2 is 1.87 bits per heavy atom. The molecule has 0 unspecified atom stereocenters. The highest BCUT2D eigenvalue weighted by Gasteiger charge is 2.74. The van der Waals surface area contributed by atoms with Crippen molar-refractivity contribution in [3.8, 4) is 0 Å². The first-order chi connectivity index (χ1) is 15.0. The highest BCUT2D eigenvalue weighted by Crippen LogP contribution is 2.60. The number of carbonyl (C=O) groups excluding carboxylic acids is 3. The van der Waals surface area contributed by atoms with E-state index < -0.39 is 17.4 Å². The van der Waals surface area contributed by atoms with Crippen LogP contribution in [0.25, 0.3) is 0 Å². The minimum Gasteiger partial charge on any atom is -0.324 e. The van der Waals surface area contributed by atoms with Crippen molar-refractivity contribution < 1.29 is 14.4 Å². The molecule has 3 amide bonds. The van der Waals surface area contributed by atoms with Gasteiger partial charge in [0, 0.05) is 21.8 Å². The number of hydrogen-bond acceptors (Lipinski definition) is 4. The first-order valence-corrected chi connectivity index (χ1v) is 11.6. The molecule has 0 aromatic heterocycles. The van der Waals surface area contributed by atoms with Gasteiger partial charge in [-0.25, -0.2) is 4.90 Å². The molecule has 6 nitrogen and oxygen atoms in total. The van der Waals surface area contributed by atoms with Crippen molar-refractivity contribution in [3.05, 3.63) is 58.1 Å². The molecule has 0 saturated carbocycles. The number of anilines is 2. The predicted molar refractivity (Wildman–Crippen MR) is 119 cm³/mol. The molecule has 2 aromatic rings. The maximum atomic E-state index is 13.9. The Morgan fingerprint density at radius 3 is 2.61 bits per heavy atom. The number of aryl methyl sites for hydroxylation is 1. The predicted octanol–water partition coefficient (Wildman–Crippen LogP) is 3.44. The van der Waals surface area contributed by atoms with E-state index in [0.29, 0.717) is 5.69 Å². The van der Waals surface area contributed by atoms with Gasteiger partial charge in [0.05, 0.1) is 17.5 Å². The van der Waals surface area contributed by atoms with Crippen LogP contribution in [0.4, 0.5) is 11.4 Å². The average molecular weight is 480 g/mol. The highest BCUT2D eigenvalue weighted by atomic mass is 79.9. The van der Waals surface area contributed by atoms with E-state index >= 15 is 0 Å². The Kier molecular flexibility index (Phi) is 4.02. The molecule has 4 aliphatic rings. The molecule has 4 aliphatic heterocycles. The number of nitrogens with zero attached hydrogens (tertiary/aromatic N) is 2. The van der Waals surface area contributed by atoms with Gasteiger partial charge >= 0.3 is 0 Å². The highest BCUT2D eigenvalue weighted by molar-refractivity contribution is 9.10. The van der Waals surface area contributed by atoms with Crippen LogP contribution in [0.5, 0.6) is 0 Å². The fourth-order valence-electron chi connectivity index (χ4n) is 6.31. The van der Waals surface area contributed by atoms with Crippen LogP contribution in [0.1, 0.15) is 30.9 Å². The molecular weight excluding hydrogens is 458 g/mol. The third-order valence-corrected chi connectivity index (χ3v) is 8.08. The number of benzene rings is 2. The number of nitrogens with one attached hydrogen (secondary N) is 1. The van der Waals surface area contributed by atoms with Gasteiger partial charge in [-0.3, -0.25) is 19.3 Å². The van der Waals surface area contributed by atoms with Gasteiger partial charge in [-0.2, -0.15) is 0 Å². The largest absolute Gasteiger partial charge is 0.324 e. The zero-order valence-corrected chi connectivity index (χ0v) is 18.7. The van der Waals surface area contributed by atoms with Crippen molar-refractivity contribution in [2.24, 2.45) is 11.8 Å². The van der Waals surface area contributed by atoms with Gasteiger partial charge in [0.1, 0.15) is 5.54 Å². The second-order valence-electron chi connectivity index (χ2n) is 8.85. The van der Waals surface area contributed by atoms with Crippen LogP contribution in [-0.4, -0.2) is 35.2 Å². The van der Waals surface area contributed by atoms with Crippen LogP contribution in [0.15, 0.2) is 46.9 Å². The minimum absolute atomic E-state index is 0.0936. The molecule has 3 saturated heterocycles. The third kappa shape index (κ3) is 2.28. The molecule has 31 heavy (non-hydrogen) atoms. The van der Waals surface area contributed by atoms with Crippen molar-refractivity contribution in [2.45, 2.75) is 37.8 Å². The maximum absolute atomic E-state index is 13.9. The van der Waals surface area contributed by atoms with Gasteiger partial charge in [-0.15, -0.1) is 0 Å². The zero-order chi connectivity index (χ0) is 21.5. The Hall–Kier alpha value is -2.51. The monoisotopic (exact) mass is 479 g/mol. The lowest BCUT2D eigenvalue weighted by Gasteiger charge is -2.36. The topological polar surface area (TPSA) is 69.7 Å². The first-order valence-electron chi connectivity index (χ1n) is 10.8. The summed E-state index contributed by atoms with van der Waals surface area (Å²) in [6.45, 7) is 2.80. The lowest BCUT2D eigenvalue weighted by molar-refractivity contribution is -0.135. The van der Waals surface area contributed by atoms with E-state index in [1.54, 1.807) is 12.1 Å². The van der Waals surface area contributed by atoms with Gasteiger partial charge in [0.2, 0.25) is 17.7 Å². The van der Waals surface area contributed by atoms with Gasteiger partial charge < -0.3 is 5.32 Å². The molecule has 3 fully saturated rings. The summed E-state index contributed by atoms with van der Waals surface area (Å²) >= 11 is 3.41. The summed E-state index contributed by atoms with van der Waals surface area (Å²) in [5, 5.41) is 3.04. The van der Waals surface area contributed by atoms with Crippen molar-refractivity contribution in [2.75, 3.05) is 16.8 Å². The Labute approximate surface area is 188 Å². The summed E-state index contributed by atoms with van der Waals surface area (Å²) in [7, 11) is 0. The van der Waals surface area contributed by atoms with Crippen LogP contribution in [-0.2, 0) is 26.3 Å². The number of halogens is 1. The standard InChI is InChI=1S/C24H22BrN3O3/c1-2-13-5-10-17-16(12-13)24(23(31)26-17)20-19(18-4-3-11-27(18)24)21(29)28(22(20)30)15-8-6-14(25)7-9-15/h5-10,12,18-20H,2-4,11H2,1H3,(H,26,31)/t18-,19+,20-,24+/m0/s1. The quantitative estimate of drug-likeness (QED) is 0.669. The summed E-state index contributed by atoms with van der Waals surface area (Å²) in [5.74, 6) is -1.83. The van der Waals surface area contributed by atoms with Gasteiger partial charge in [0.15, 0.2) is 0 Å². The minimum atomic E-state index is -1.11. The summed E-state index contributed by atoms with van der Waals surface area (Å²) in [6, 6.07) is 13.1. The van der Waals surface area contributed by atoms with Crippen molar-refractivity contribution in [1.82, 2.24) is 4.90 Å². The number of imide groups is 1. The number of rotatable bonds is 2. The van der Waals surface area contributed by atoms with Crippen LogP contribution in [0, 0.1) is 11.8 Å². The average Bonchev–Trinajstić information content (AvgIpc) is 3.47. The molecule has 0 radical (unpaired) electrons. The van der Waals surface area contributed by atoms with E-state index in [2.05, 4.69) is 39.1 Å². The van der Waals surface area contributed by atoms with Crippen LogP contribution in [0.2, 0.25) is 0 Å². The molecule has 4 atom stereocenters. The second-order valence-corrected chi connectivity index (χ2v) is 9.76. The van der Waals surface area contributed by atoms with E-state index in [0.717, 1.165) is 47.1 Å². The molecule has 0 bridgehead atoms. The number of fused-ring (bicyclic) bond motifs is 7. The molecule has 6 rings (SSSR count). The molecule has 0 aliphatic carbocycles. The van der Waals surface area contributed by atoms with E-state index in [1.165, 1.54) is 4.90 Å². The lowest BCUT2D eigenvalue weighted by atomic mass is 9.75. The molecule has 4 heterocycles. The van der Waals surface area contributed by atoms with Crippen molar-refractivity contribution in [3.63, 3.8) is 0 Å². The van der Waals surface area contributed by atoms with Gasteiger partial charge in [-0.1, -0.05) is 35.0 Å². The zero-order valence-electron chi connectivity index (χ0n) is 17.1. The van der Waals surface area contributed by atoms with Gasteiger partial charge in [0.25, 0.3) is 0 Å². The SMILES string of the molecule is CCc1ccc2c(c1)[C@]1(C(=O)N2)[C@@H]2C(=O)N(c3ccc(Br)cc3)C(=O)[C@@H]2[C@@H]2CCCN21. The Morgan fingerprint density at radius 1 is 1.10 bits per heavy atom. The van der Waals surface area contributed by atoms with Crippen molar-refractivity contribution in [1.29, 1.82) is 0 Å². The van der Waals surface area contributed by atoms with E-state index in [9.17, 15) is 14.4 Å². The van der Waals surface area contributed by atoms with Crippen molar-refractivity contribution >= 4 is 45.0 Å². The van der Waals surface area contributed by atoms with Gasteiger partial charge in [-0.05, 0) is 61.7 Å². The summed E-state index contributed by atoms with van der Waals surface area (Å²) in [6.07, 6.45) is 2.59. The van der Waals surface area contributed by atoms with E-state index in [4.69, 9.17) is 0 Å². The fraction of sp³-hybridized carbons (Fsp3) is 0.375. The van der Waals surface area contributed by atoms with E-state index in [-0.39, 0.29) is 23.8 Å². The second kappa shape index (κ2) is 6.50. The summed E-state index contributed by atoms with van der Waals surface area (Å²) in [5.41, 5.74) is 2.19. The van der Waals surface area contributed by atoms with Crippen LogP contribution in [0.3, 0.4) is 0 Å². The number of carbonyl (C=O) groups is 3. The molecule has 7 heteroatoms. The third-order valence-electron chi connectivity index (χ3n) is 7.55. The van der Waals surface area contributed by atoms with Crippen LogP contribution >= 0.6 is 15.9 Å². The summed E-state index contributed by atoms with van der Waals surface area (Å²) < 4.78 is 0.880. The molecule has 158 valence electrons. The molecule has 2 aromatic carbocycles. The summed E-state index contributed by atoms with van der Waals surface area (Å²) in [4.78, 5) is 44.6. The van der Waals surface area contributed by atoms with Crippen LogP contribution < -0.4 is 10.2 Å². The Bertz CT molecular complexity index is 1150. The number of hydrogen-bond donors (Lipinski definition) is 1. The van der Waals surface area contributed by atoms with E-state index in [1.807, 2.05) is 24.3 Å². The normalized spacial score (nSPS) is 31.4.